The Balaban J connectivity index is 1.99. The molecule has 6 nitrogen and oxygen atoms in total. The minimum Gasteiger partial charge on any atom is -0.496 e. The first kappa shape index (κ1) is 16.6. The lowest BCUT2D eigenvalue weighted by Gasteiger charge is -2.21. The number of benzene rings is 1. The van der Waals surface area contributed by atoms with Crippen LogP contribution in [0.5, 0.6) is 5.75 Å². The fourth-order valence-electron chi connectivity index (χ4n) is 2.65. The smallest absolute Gasteiger partial charge is 0.315 e. The highest BCUT2D eigenvalue weighted by Gasteiger charge is 2.29. The van der Waals surface area contributed by atoms with Crippen molar-refractivity contribution in [2.45, 2.75) is 31.8 Å². The van der Waals surface area contributed by atoms with Crippen LogP contribution in [0.3, 0.4) is 0 Å². The number of urea groups is 1. The number of para-hydroxylation sites is 1. The summed E-state index contributed by atoms with van der Waals surface area (Å²) in [5, 5.41) is 5.62. The molecule has 1 fully saturated rings. The van der Waals surface area contributed by atoms with Crippen LogP contribution in [0.15, 0.2) is 24.3 Å². The predicted octanol–water partition coefficient (Wildman–Crippen LogP) is 1.63. The number of carbonyl (C=O) groups is 1. The second-order valence-corrected chi connectivity index (χ2v) is 7.65. The molecule has 1 heterocycles. The van der Waals surface area contributed by atoms with E-state index in [1.54, 1.807) is 7.11 Å². The maximum atomic E-state index is 12.1. The molecule has 7 heteroatoms. The first-order valence-corrected chi connectivity index (χ1v) is 9.17. The molecule has 2 amide bonds. The number of hydrogen-bond donors (Lipinski definition) is 2. The lowest BCUT2D eigenvalue weighted by atomic mass is 10.0. The van der Waals surface area contributed by atoms with Gasteiger partial charge in [-0.1, -0.05) is 25.1 Å². The summed E-state index contributed by atoms with van der Waals surface area (Å²) < 4.78 is 28.2. The van der Waals surface area contributed by atoms with Gasteiger partial charge in [0.15, 0.2) is 9.84 Å². The van der Waals surface area contributed by atoms with Crippen LogP contribution in [-0.4, -0.2) is 39.1 Å². The largest absolute Gasteiger partial charge is 0.496 e. The minimum atomic E-state index is -3.00. The molecule has 0 aliphatic carbocycles. The van der Waals surface area contributed by atoms with Crippen molar-refractivity contribution in [3.8, 4) is 5.75 Å². The molecule has 2 rings (SSSR count). The molecular formula is C15H22N2O4S. The average Bonchev–Trinajstić information content (AvgIpc) is 2.83. The Morgan fingerprint density at radius 3 is 2.73 bits per heavy atom. The quantitative estimate of drug-likeness (QED) is 0.861. The Hall–Kier alpha value is -1.76. The van der Waals surface area contributed by atoms with Crippen molar-refractivity contribution in [3.05, 3.63) is 29.8 Å². The third-order valence-electron chi connectivity index (χ3n) is 3.80. The Bertz CT molecular complexity index is 630. The van der Waals surface area contributed by atoms with E-state index < -0.39 is 9.84 Å². The fourth-order valence-corrected chi connectivity index (χ4v) is 4.32. The Labute approximate surface area is 131 Å². The lowest BCUT2D eigenvalue weighted by molar-refractivity contribution is 0.233. The van der Waals surface area contributed by atoms with Crippen LogP contribution < -0.4 is 15.4 Å². The molecule has 1 saturated heterocycles. The number of amides is 2. The molecule has 22 heavy (non-hydrogen) atoms. The lowest BCUT2D eigenvalue weighted by Crippen LogP contribution is -2.44. The van der Waals surface area contributed by atoms with E-state index in [1.165, 1.54) is 0 Å². The zero-order valence-corrected chi connectivity index (χ0v) is 13.7. The first-order valence-electron chi connectivity index (χ1n) is 7.35. The van der Waals surface area contributed by atoms with Gasteiger partial charge in [-0.05, 0) is 18.9 Å². The highest BCUT2D eigenvalue weighted by atomic mass is 32.2. The summed E-state index contributed by atoms with van der Waals surface area (Å²) in [5.74, 6) is 0.881. The minimum absolute atomic E-state index is 0.0197. The number of carbonyl (C=O) groups excluding carboxylic acids is 1. The van der Waals surface area contributed by atoms with Gasteiger partial charge in [0.25, 0.3) is 0 Å². The number of ether oxygens (including phenoxy) is 1. The summed E-state index contributed by atoms with van der Waals surface area (Å²) in [5.41, 5.74) is 0.904. The molecule has 0 aromatic heterocycles. The molecule has 122 valence electrons. The van der Waals surface area contributed by atoms with Crippen LogP contribution in [0, 0.1) is 0 Å². The third-order valence-corrected chi connectivity index (χ3v) is 5.56. The summed E-state index contributed by atoms with van der Waals surface area (Å²) in [6.45, 7) is 1.97. The molecule has 2 unspecified atom stereocenters. The van der Waals surface area contributed by atoms with E-state index in [-0.39, 0.29) is 29.6 Å². The van der Waals surface area contributed by atoms with Crippen LogP contribution >= 0.6 is 0 Å². The van der Waals surface area contributed by atoms with E-state index in [0.717, 1.165) is 11.3 Å². The number of rotatable bonds is 5. The zero-order valence-electron chi connectivity index (χ0n) is 12.8. The second-order valence-electron chi connectivity index (χ2n) is 5.42. The molecular weight excluding hydrogens is 304 g/mol. The summed E-state index contributed by atoms with van der Waals surface area (Å²) in [7, 11) is -1.41. The molecule has 2 atom stereocenters. The van der Waals surface area contributed by atoms with Crippen molar-refractivity contribution in [1.82, 2.24) is 10.6 Å². The van der Waals surface area contributed by atoms with Crippen LogP contribution in [0.1, 0.15) is 31.4 Å². The summed E-state index contributed by atoms with van der Waals surface area (Å²) >= 11 is 0. The molecule has 0 radical (unpaired) electrons. The normalized spacial score (nSPS) is 21.1. The summed E-state index contributed by atoms with van der Waals surface area (Å²) in [6, 6.07) is 6.69. The van der Waals surface area contributed by atoms with Gasteiger partial charge in [0.05, 0.1) is 24.7 Å². The molecule has 2 N–H and O–H groups in total. The van der Waals surface area contributed by atoms with Gasteiger partial charge in [0.1, 0.15) is 5.75 Å². The van der Waals surface area contributed by atoms with Gasteiger partial charge in [0.2, 0.25) is 0 Å². The maximum Gasteiger partial charge on any atom is 0.315 e. The zero-order chi connectivity index (χ0) is 16.2. The van der Waals surface area contributed by atoms with Gasteiger partial charge >= 0.3 is 6.03 Å². The van der Waals surface area contributed by atoms with Gasteiger partial charge < -0.3 is 15.4 Å². The van der Waals surface area contributed by atoms with E-state index in [1.807, 2.05) is 31.2 Å². The van der Waals surface area contributed by atoms with Crippen LogP contribution in [0.4, 0.5) is 4.79 Å². The van der Waals surface area contributed by atoms with Crippen molar-refractivity contribution in [3.63, 3.8) is 0 Å². The molecule has 1 aromatic rings. The third kappa shape index (κ3) is 4.13. The number of nitrogens with one attached hydrogen (secondary N) is 2. The molecule has 0 spiro atoms. The Kier molecular flexibility index (Phi) is 5.28. The van der Waals surface area contributed by atoms with E-state index in [9.17, 15) is 13.2 Å². The SMILES string of the molecule is CCC(NC(=O)NC1CCS(=O)(=O)C1)c1ccccc1OC. The van der Waals surface area contributed by atoms with Crippen molar-refractivity contribution >= 4 is 15.9 Å². The van der Waals surface area contributed by atoms with E-state index >= 15 is 0 Å². The average molecular weight is 326 g/mol. The predicted molar refractivity (Wildman–Crippen MR) is 84.8 cm³/mol. The topological polar surface area (TPSA) is 84.5 Å². The summed E-state index contributed by atoms with van der Waals surface area (Å²) in [4.78, 5) is 12.1. The molecule has 1 aliphatic rings. The van der Waals surface area contributed by atoms with Crippen molar-refractivity contribution in [2.75, 3.05) is 18.6 Å². The highest BCUT2D eigenvalue weighted by molar-refractivity contribution is 7.91. The fraction of sp³-hybridized carbons (Fsp3) is 0.533. The standard InChI is InChI=1S/C15H22N2O4S/c1-3-13(12-6-4-5-7-14(12)21-2)17-15(18)16-11-8-9-22(19,20)10-11/h4-7,11,13H,3,8-10H2,1-2H3,(H2,16,17,18). The highest BCUT2D eigenvalue weighted by Crippen LogP contribution is 2.26. The van der Waals surface area contributed by atoms with Crippen molar-refractivity contribution in [1.29, 1.82) is 0 Å². The Morgan fingerprint density at radius 1 is 1.41 bits per heavy atom. The van der Waals surface area contributed by atoms with Crippen LogP contribution in [-0.2, 0) is 9.84 Å². The van der Waals surface area contributed by atoms with E-state index in [4.69, 9.17) is 4.74 Å². The van der Waals surface area contributed by atoms with E-state index in [2.05, 4.69) is 10.6 Å². The van der Waals surface area contributed by atoms with Crippen LogP contribution in [0.25, 0.3) is 0 Å². The second kappa shape index (κ2) is 7.00. The number of methoxy groups -OCH3 is 1. The van der Waals surface area contributed by atoms with Crippen molar-refractivity contribution < 1.29 is 17.9 Å². The molecule has 0 bridgehead atoms. The van der Waals surface area contributed by atoms with Gasteiger partial charge in [-0.3, -0.25) is 0 Å². The Morgan fingerprint density at radius 2 is 2.14 bits per heavy atom. The first-order chi connectivity index (χ1) is 10.4. The molecule has 1 aromatic carbocycles. The molecule has 1 aliphatic heterocycles. The number of sulfone groups is 1. The number of hydrogen-bond acceptors (Lipinski definition) is 4. The van der Waals surface area contributed by atoms with Gasteiger partial charge in [0, 0.05) is 11.6 Å². The van der Waals surface area contributed by atoms with Crippen LogP contribution in [0.2, 0.25) is 0 Å². The maximum absolute atomic E-state index is 12.1. The van der Waals surface area contributed by atoms with Crippen molar-refractivity contribution in [2.24, 2.45) is 0 Å². The molecule has 0 saturated carbocycles. The van der Waals surface area contributed by atoms with E-state index in [0.29, 0.717) is 12.8 Å². The van der Waals surface area contributed by atoms with Gasteiger partial charge in [-0.15, -0.1) is 0 Å². The monoisotopic (exact) mass is 326 g/mol. The summed E-state index contributed by atoms with van der Waals surface area (Å²) in [6.07, 6.45) is 1.18. The van der Waals surface area contributed by atoms with Gasteiger partial charge in [-0.25, -0.2) is 13.2 Å². The van der Waals surface area contributed by atoms with Gasteiger partial charge in [-0.2, -0.15) is 0 Å².